The summed E-state index contributed by atoms with van der Waals surface area (Å²) in [7, 11) is 2.87. The van der Waals surface area contributed by atoms with Gasteiger partial charge < -0.3 is 14.3 Å². The number of aldehydes is 1. The molecular formula is C15H14O4. The van der Waals surface area contributed by atoms with Gasteiger partial charge in [0.05, 0.1) is 14.2 Å². The first kappa shape index (κ1) is 13.1. The topological polar surface area (TPSA) is 52.6 Å². The van der Waals surface area contributed by atoms with E-state index in [2.05, 4.69) is 4.74 Å². The van der Waals surface area contributed by atoms with Crippen molar-refractivity contribution in [3.8, 4) is 5.75 Å². The first-order valence-corrected chi connectivity index (χ1v) is 5.80. The number of methoxy groups -OCH3 is 2. The molecule has 0 amide bonds. The highest BCUT2D eigenvalue weighted by atomic mass is 16.5. The highest BCUT2D eigenvalue weighted by Crippen LogP contribution is 2.25. The number of benzene rings is 2. The van der Waals surface area contributed by atoms with Crippen LogP contribution in [-0.4, -0.2) is 26.5 Å². The Hall–Kier alpha value is -2.36. The molecule has 0 saturated carbocycles. The van der Waals surface area contributed by atoms with Crippen LogP contribution in [0.25, 0.3) is 10.8 Å². The maximum atomic E-state index is 11.5. The Labute approximate surface area is 110 Å². The average molecular weight is 258 g/mol. The zero-order chi connectivity index (χ0) is 13.8. The minimum absolute atomic E-state index is 0.553. The van der Waals surface area contributed by atoms with Gasteiger partial charge in [-0.15, -0.1) is 0 Å². The third-order valence-electron chi connectivity index (χ3n) is 3.02. The number of carbonyl (C=O) groups is 2. The Kier molecular flexibility index (Phi) is 3.80. The summed E-state index contributed by atoms with van der Waals surface area (Å²) in [5, 5.41) is 1.92. The molecule has 0 fully saturated rings. The van der Waals surface area contributed by atoms with Gasteiger partial charge in [0, 0.05) is 0 Å². The molecule has 1 unspecified atom stereocenters. The molecule has 4 nitrogen and oxygen atoms in total. The van der Waals surface area contributed by atoms with Gasteiger partial charge in [-0.1, -0.05) is 18.2 Å². The molecule has 0 radical (unpaired) electrons. The van der Waals surface area contributed by atoms with Crippen LogP contribution in [0.15, 0.2) is 36.4 Å². The molecule has 2 rings (SSSR count). The maximum Gasteiger partial charge on any atom is 0.320 e. The molecule has 0 saturated heterocycles. The summed E-state index contributed by atoms with van der Waals surface area (Å²) in [5.74, 6) is -0.667. The van der Waals surface area contributed by atoms with Crippen LogP contribution in [0.3, 0.4) is 0 Å². The van der Waals surface area contributed by atoms with E-state index in [1.54, 1.807) is 13.2 Å². The zero-order valence-corrected chi connectivity index (χ0v) is 10.8. The Balaban J connectivity index is 2.46. The van der Waals surface area contributed by atoms with Crippen molar-refractivity contribution in [3.63, 3.8) is 0 Å². The molecule has 0 bridgehead atoms. The zero-order valence-electron chi connectivity index (χ0n) is 10.8. The SMILES string of the molecule is COC(=O)C(C=O)c1ccc2cc(OC)ccc2c1. The Morgan fingerprint density at radius 1 is 1.11 bits per heavy atom. The molecule has 98 valence electrons. The van der Waals surface area contributed by atoms with Gasteiger partial charge in [0.25, 0.3) is 0 Å². The highest BCUT2D eigenvalue weighted by molar-refractivity contribution is 5.95. The standard InChI is InChI=1S/C15H14O4/c1-18-13-6-5-10-7-12(4-3-11(10)8-13)14(9-16)15(17)19-2/h3-9,14H,1-2H3. The molecule has 0 N–H and O–H groups in total. The largest absolute Gasteiger partial charge is 0.497 e. The summed E-state index contributed by atoms with van der Waals surface area (Å²) in [5.41, 5.74) is 0.625. The van der Waals surface area contributed by atoms with Crippen LogP contribution < -0.4 is 4.74 Å². The lowest BCUT2D eigenvalue weighted by atomic mass is 9.97. The normalized spacial score (nSPS) is 11.9. The lowest BCUT2D eigenvalue weighted by Crippen LogP contribution is -2.15. The van der Waals surface area contributed by atoms with E-state index < -0.39 is 11.9 Å². The van der Waals surface area contributed by atoms with Gasteiger partial charge in [-0.2, -0.15) is 0 Å². The smallest absolute Gasteiger partial charge is 0.320 e. The van der Waals surface area contributed by atoms with Crippen molar-refractivity contribution in [2.24, 2.45) is 0 Å². The average Bonchev–Trinajstić information content (AvgIpc) is 2.47. The van der Waals surface area contributed by atoms with Gasteiger partial charge >= 0.3 is 5.97 Å². The van der Waals surface area contributed by atoms with E-state index in [4.69, 9.17) is 4.74 Å². The van der Waals surface area contributed by atoms with Crippen LogP contribution in [0.1, 0.15) is 11.5 Å². The Morgan fingerprint density at radius 2 is 1.79 bits per heavy atom. The minimum Gasteiger partial charge on any atom is -0.497 e. The molecule has 0 heterocycles. The Bertz CT molecular complexity index is 619. The fourth-order valence-electron chi connectivity index (χ4n) is 1.96. The predicted molar refractivity (Wildman–Crippen MR) is 71.3 cm³/mol. The summed E-state index contributed by atoms with van der Waals surface area (Å²) < 4.78 is 9.76. The predicted octanol–water partition coefficient (Wildman–Crippen LogP) is 2.30. The highest BCUT2D eigenvalue weighted by Gasteiger charge is 2.20. The second-order valence-electron chi connectivity index (χ2n) is 4.11. The summed E-state index contributed by atoms with van der Waals surface area (Å²) in [6, 6.07) is 11.0. The van der Waals surface area contributed by atoms with Crippen LogP contribution in [-0.2, 0) is 14.3 Å². The molecule has 4 heteroatoms. The van der Waals surface area contributed by atoms with E-state index in [0.29, 0.717) is 11.8 Å². The molecule has 0 aliphatic rings. The number of carbonyl (C=O) groups excluding carboxylic acids is 2. The van der Waals surface area contributed by atoms with Crippen LogP contribution in [0.2, 0.25) is 0 Å². The monoisotopic (exact) mass is 258 g/mol. The van der Waals surface area contributed by atoms with Crippen molar-refractivity contribution in [1.29, 1.82) is 0 Å². The number of hydrogen-bond acceptors (Lipinski definition) is 4. The van der Waals surface area contributed by atoms with Gasteiger partial charge in [0.1, 0.15) is 18.0 Å². The number of esters is 1. The minimum atomic E-state index is -0.878. The maximum absolute atomic E-state index is 11.5. The van der Waals surface area contributed by atoms with E-state index in [1.165, 1.54) is 7.11 Å². The van der Waals surface area contributed by atoms with Crippen LogP contribution in [0.4, 0.5) is 0 Å². The molecule has 0 aliphatic carbocycles. The summed E-state index contributed by atoms with van der Waals surface area (Å²) >= 11 is 0. The number of fused-ring (bicyclic) bond motifs is 1. The van der Waals surface area contributed by atoms with Crippen molar-refractivity contribution < 1.29 is 19.1 Å². The number of ether oxygens (including phenoxy) is 2. The van der Waals surface area contributed by atoms with Crippen LogP contribution >= 0.6 is 0 Å². The summed E-state index contributed by atoms with van der Waals surface area (Å²) in [4.78, 5) is 22.5. The van der Waals surface area contributed by atoms with E-state index in [9.17, 15) is 9.59 Å². The fraction of sp³-hybridized carbons (Fsp3) is 0.200. The van der Waals surface area contributed by atoms with Crippen LogP contribution in [0, 0.1) is 0 Å². The third-order valence-corrected chi connectivity index (χ3v) is 3.02. The molecule has 0 aliphatic heterocycles. The van der Waals surface area contributed by atoms with Gasteiger partial charge in [-0.25, -0.2) is 0 Å². The first-order valence-electron chi connectivity index (χ1n) is 5.80. The van der Waals surface area contributed by atoms with Gasteiger partial charge in [-0.3, -0.25) is 4.79 Å². The van der Waals surface area contributed by atoms with Crippen molar-refractivity contribution >= 4 is 23.0 Å². The van der Waals surface area contributed by atoms with Crippen LogP contribution in [0.5, 0.6) is 5.75 Å². The van der Waals surface area contributed by atoms with Gasteiger partial charge in [0.2, 0.25) is 0 Å². The van der Waals surface area contributed by atoms with E-state index >= 15 is 0 Å². The van der Waals surface area contributed by atoms with Crippen molar-refractivity contribution in [2.45, 2.75) is 5.92 Å². The summed E-state index contributed by atoms with van der Waals surface area (Å²) in [6.07, 6.45) is 0.594. The van der Waals surface area contributed by atoms with Gasteiger partial charge in [0.15, 0.2) is 0 Å². The van der Waals surface area contributed by atoms with Crippen molar-refractivity contribution in [3.05, 3.63) is 42.0 Å². The molecule has 2 aromatic carbocycles. The molecular weight excluding hydrogens is 244 g/mol. The second kappa shape index (κ2) is 5.52. The lowest BCUT2D eigenvalue weighted by molar-refractivity contribution is -0.143. The molecule has 2 aromatic rings. The third kappa shape index (κ3) is 2.57. The van der Waals surface area contributed by atoms with E-state index in [0.717, 1.165) is 16.5 Å². The van der Waals surface area contributed by atoms with E-state index in [-0.39, 0.29) is 0 Å². The molecule has 19 heavy (non-hydrogen) atoms. The Morgan fingerprint density at radius 3 is 2.42 bits per heavy atom. The van der Waals surface area contributed by atoms with Crippen molar-refractivity contribution in [2.75, 3.05) is 14.2 Å². The molecule has 0 spiro atoms. The summed E-state index contributed by atoms with van der Waals surface area (Å²) in [6.45, 7) is 0. The second-order valence-corrected chi connectivity index (χ2v) is 4.11. The fourth-order valence-corrected chi connectivity index (χ4v) is 1.96. The molecule has 0 aromatic heterocycles. The number of hydrogen-bond donors (Lipinski definition) is 0. The van der Waals surface area contributed by atoms with Gasteiger partial charge in [-0.05, 0) is 34.5 Å². The molecule has 1 atom stereocenters. The lowest BCUT2D eigenvalue weighted by Gasteiger charge is -2.10. The first-order chi connectivity index (χ1) is 9.19. The van der Waals surface area contributed by atoms with E-state index in [1.807, 2.05) is 30.3 Å². The quantitative estimate of drug-likeness (QED) is 0.479. The number of rotatable bonds is 4. The van der Waals surface area contributed by atoms with Crippen molar-refractivity contribution in [1.82, 2.24) is 0 Å².